The van der Waals surface area contributed by atoms with Crippen molar-refractivity contribution in [2.45, 2.75) is 6.92 Å². The van der Waals surface area contributed by atoms with E-state index in [4.69, 9.17) is 0 Å². The second kappa shape index (κ2) is 3.97. The Bertz CT molecular complexity index is 512. The summed E-state index contributed by atoms with van der Waals surface area (Å²) in [7, 11) is 1.87. The first-order chi connectivity index (χ1) is 7.24. The van der Waals surface area contributed by atoms with Crippen molar-refractivity contribution in [3.05, 3.63) is 47.5 Å². The fourth-order valence-corrected chi connectivity index (χ4v) is 1.16. The van der Waals surface area contributed by atoms with Gasteiger partial charge in [-0.15, -0.1) is 0 Å². The quantitative estimate of drug-likeness (QED) is 0.599. The molecule has 0 aliphatic carbocycles. The van der Waals surface area contributed by atoms with Crippen LogP contribution in [0.2, 0.25) is 0 Å². The van der Waals surface area contributed by atoms with Crippen LogP contribution in [-0.2, 0) is 7.05 Å². The van der Waals surface area contributed by atoms with E-state index in [1.165, 1.54) is 0 Å². The lowest BCUT2D eigenvalue weighted by molar-refractivity contribution is 0.767. The molecule has 0 radical (unpaired) electrons. The van der Waals surface area contributed by atoms with Gasteiger partial charge < -0.3 is 0 Å². The van der Waals surface area contributed by atoms with Crippen molar-refractivity contribution in [2.75, 3.05) is 0 Å². The highest BCUT2D eigenvalue weighted by Crippen LogP contribution is 1.98. The van der Waals surface area contributed by atoms with Gasteiger partial charge in [0.05, 0.1) is 11.8 Å². The molecule has 0 aromatic carbocycles. The highest BCUT2D eigenvalue weighted by atomic mass is 15.2. The molecule has 0 saturated heterocycles. The van der Waals surface area contributed by atoms with Crippen LogP contribution in [0, 0.1) is 18.8 Å². The number of nitrogens with zero attached hydrogens (tertiary/aromatic N) is 3. The Balaban J connectivity index is 2.22. The molecule has 15 heavy (non-hydrogen) atoms. The molecule has 3 nitrogen and oxygen atoms in total. The van der Waals surface area contributed by atoms with Crippen molar-refractivity contribution in [2.24, 2.45) is 7.05 Å². The molecule has 2 aromatic rings. The maximum absolute atomic E-state index is 4.20. The van der Waals surface area contributed by atoms with Gasteiger partial charge in [-0.05, 0) is 24.5 Å². The fraction of sp³-hybridized carbons (Fsp3) is 0.167. The minimum Gasteiger partial charge on any atom is -0.275 e. The molecule has 74 valence electrons. The van der Waals surface area contributed by atoms with Crippen molar-refractivity contribution >= 4 is 0 Å². The third kappa shape index (κ3) is 2.44. The van der Waals surface area contributed by atoms with Gasteiger partial charge in [-0.3, -0.25) is 4.68 Å². The van der Waals surface area contributed by atoms with Crippen LogP contribution in [0.15, 0.2) is 30.7 Å². The molecular weight excluding hydrogens is 186 g/mol. The average molecular weight is 197 g/mol. The summed E-state index contributed by atoms with van der Waals surface area (Å²) in [4.78, 5) is 4.20. The van der Waals surface area contributed by atoms with Crippen LogP contribution in [0.1, 0.15) is 16.8 Å². The average Bonchev–Trinajstić information content (AvgIpc) is 2.64. The monoisotopic (exact) mass is 197 g/mol. The topological polar surface area (TPSA) is 30.7 Å². The molecule has 3 heteroatoms. The molecule has 2 rings (SSSR count). The van der Waals surface area contributed by atoms with E-state index in [2.05, 4.69) is 21.9 Å². The van der Waals surface area contributed by atoms with Crippen LogP contribution in [-0.4, -0.2) is 14.8 Å². The number of hydrogen-bond donors (Lipinski definition) is 0. The number of pyridine rings is 1. The number of rotatable bonds is 0. The van der Waals surface area contributed by atoms with Gasteiger partial charge in [0.1, 0.15) is 5.69 Å². The summed E-state index contributed by atoms with van der Waals surface area (Å²) < 4.78 is 1.73. The van der Waals surface area contributed by atoms with Gasteiger partial charge in [-0.1, -0.05) is 12.0 Å². The van der Waals surface area contributed by atoms with Gasteiger partial charge in [-0.25, -0.2) is 4.98 Å². The molecule has 0 fully saturated rings. The Hall–Kier alpha value is -2.08. The van der Waals surface area contributed by atoms with E-state index < -0.39 is 0 Å². The van der Waals surface area contributed by atoms with Gasteiger partial charge in [0.25, 0.3) is 0 Å². The lowest BCUT2D eigenvalue weighted by atomic mass is 10.2. The highest BCUT2D eigenvalue weighted by Gasteiger charge is 1.90. The summed E-state index contributed by atoms with van der Waals surface area (Å²) in [6.45, 7) is 2.01. The Morgan fingerprint density at radius 3 is 2.67 bits per heavy atom. The van der Waals surface area contributed by atoms with Crippen molar-refractivity contribution in [1.82, 2.24) is 14.8 Å². The molecule has 0 unspecified atom stereocenters. The summed E-state index contributed by atoms with van der Waals surface area (Å²) >= 11 is 0. The molecule has 0 N–H and O–H groups in total. The first-order valence-electron chi connectivity index (χ1n) is 4.67. The maximum atomic E-state index is 4.20. The van der Waals surface area contributed by atoms with E-state index >= 15 is 0 Å². The fourth-order valence-electron chi connectivity index (χ4n) is 1.16. The first-order valence-corrected chi connectivity index (χ1v) is 4.67. The van der Waals surface area contributed by atoms with Crippen LogP contribution in [0.4, 0.5) is 0 Å². The Morgan fingerprint density at radius 1 is 1.20 bits per heavy atom. The lowest BCUT2D eigenvalue weighted by Gasteiger charge is -1.89. The molecule has 0 atom stereocenters. The van der Waals surface area contributed by atoms with Crippen LogP contribution in [0.25, 0.3) is 0 Å². The summed E-state index contributed by atoms with van der Waals surface area (Å²) in [5.41, 5.74) is 2.83. The molecule has 0 spiro atoms. The molecule has 0 aliphatic rings. The zero-order valence-corrected chi connectivity index (χ0v) is 8.73. The van der Waals surface area contributed by atoms with Crippen LogP contribution >= 0.6 is 0 Å². The second-order valence-corrected chi connectivity index (χ2v) is 3.37. The highest BCUT2D eigenvalue weighted by molar-refractivity contribution is 5.37. The van der Waals surface area contributed by atoms with E-state index in [0.717, 1.165) is 16.8 Å². The van der Waals surface area contributed by atoms with Gasteiger partial charge in [0, 0.05) is 19.4 Å². The van der Waals surface area contributed by atoms with Crippen LogP contribution < -0.4 is 0 Å². The van der Waals surface area contributed by atoms with Crippen molar-refractivity contribution in [3.8, 4) is 11.8 Å². The van der Waals surface area contributed by atoms with Crippen LogP contribution in [0.3, 0.4) is 0 Å². The Labute approximate surface area is 88.8 Å². The molecule has 2 aromatic heterocycles. The Kier molecular flexibility index (Phi) is 2.51. The Morgan fingerprint density at radius 2 is 2.07 bits per heavy atom. The predicted molar refractivity (Wildman–Crippen MR) is 58.2 cm³/mol. The van der Waals surface area contributed by atoms with Gasteiger partial charge in [0.2, 0.25) is 0 Å². The molecule has 0 amide bonds. The molecule has 0 aliphatic heterocycles. The van der Waals surface area contributed by atoms with E-state index in [1.807, 2.05) is 38.5 Å². The third-order valence-corrected chi connectivity index (χ3v) is 1.95. The predicted octanol–water partition coefficient (Wildman–Crippen LogP) is 1.52. The SMILES string of the molecule is Cc1ccc(C#Cc2cnn(C)c2)nc1. The zero-order chi connectivity index (χ0) is 10.7. The van der Waals surface area contributed by atoms with E-state index in [1.54, 1.807) is 10.9 Å². The number of aryl methyl sites for hydroxylation is 2. The molecule has 2 heterocycles. The smallest absolute Gasteiger partial charge is 0.113 e. The minimum absolute atomic E-state index is 0.782. The second-order valence-electron chi connectivity index (χ2n) is 3.37. The van der Waals surface area contributed by atoms with Gasteiger partial charge in [-0.2, -0.15) is 5.10 Å². The minimum atomic E-state index is 0.782. The largest absolute Gasteiger partial charge is 0.275 e. The summed E-state index contributed by atoms with van der Waals surface area (Å²) in [6, 6.07) is 3.92. The third-order valence-electron chi connectivity index (χ3n) is 1.95. The van der Waals surface area contributed by atoms with E-state index in [9.17, 15) is 0 Å². The normalized spacial score (nSPS) is 9.47. The molecule has 0 bridgehead atoms. The van der Waals surface area contributed by atoms with Crippen molar-refractivity contribution in [1.29, 1.82) is 0 Å². The lowest BCUT2D eigenvalue weighted by Crippen LogP contribution is -1.84. The zero-order valence-electron chi connectivity index (χ0n) is 8.73. The molecular formula is C12H11N3. The number of aromatic nitrogens is 3. The first kappa shape index (κ1) is 9.47. The maximum Gasteiger partial charge on any atom is 0.113 e. The van der Waals surface area contributed by atoms with Gasteiger partial charge in [0.15, 0.2) is 0 Å². The van der Waals surface area contributed by atoms with Crippen molar-refractivity contribution in [3.63, 3.8) is 0 Å². The molecule has 0 saturated carbocycles. The standard InChI is InChI=1S/C12H11N3/c1-10-3-5-12(13-7-10)6-4-11-8-14-15(2)9-11/h3,5,7-9H,1-2H3. The summed E-state index contributed by atoms with van der Waals surface area (Å²) in [6.07, 6.45) is 5.43. The van der Waals surface area contributed by atoms with E-state index in [0.29, 0.717) is 0 Å². The number of hydrogen-bond acceptors (Lipinski definition) is 2. The van der Waals surface area contributed by atoms with E-state index in [-0.39, 0.29) is 0 Å². The summed E-state index contributed by atoms with van der Waals surface area (Å²) in [5.74, 6) is 5.99. The van der Waals surface area contributed by atoms with Crippen LogP contribution in [0.5, 0.6) is 0 Å². The summed E-state index contributed by atoms with van der Waals surface area (Å²) in [5, 5.41) is 4.04. The van der Waals surface area contributed by atoms with Crippen molar-refractivity contribution < 1.29 is 0 Å². The van der Waals surface area contributed by atoms with Gasteiger partial charge >= 0.3 is 0 Å².